The van der Waals surface area contributed by atoms with Gasteiger partial charge in [-0.1, -0.05) is 6.07 Å². The molecule has 0 aliphatic heterocycles. The van der Waals surface area contributed by atoms with Gasteiger partial charge in [0.25, 0.3) is 0 Å². The Morgan fingerprint density at radius 1 is 1.20 bits per heavy atom. The summed E-state index contributed by atoms with van der Waals surface area (Å²) in [6.07, 6.45) is 3.22. The maximum Gasteiger partial charge on any atom is 0.324 e. The Labute approximate surface area is 152 Å². The summed E-state index contributed by atoms with van der Waals surface area (Å²) in [7, 11) is 0. The molecular formula is C16H16BrN7O. The predicted octanol–water partition coefficient (Wildman–Crippen LogP) is 3.72. The van der Waals surface area contributed by atoms with Gasteiger partial charge in [0.1, 0.15) is 22.4 Å². The molecule has 3 rings (SSSR count). The highest BCUT2D eigenvalue weighted by molar-refractivity contribution is 9.10. The number of pyridine rings is 2. The van der Waals surface area contributed by atoms with Crippen molar-refractivity contribution in [2.75, 3.05) is 10.6 Å². The van der Waals surface area contributed by atoms with E-state index >= 15 is 0 Å². The van der Waals surface area contributed by atoms with Crippen molar-refractivity contribution < 1.29 is 4.79 Å². The van der Waals surface area contributed by atoms with Crippen molar-refractivity contribution in [3.8, 4) is 11.5 Å². The second-order valence-electron chi connectivity index (χ2n) is 5.51. The highest BCUT2D eigenvalue weighted by atomic mass is 79.9. The number of urea groups is 1. The SMILES string of the molecule is CC(C)n1cnnc1-c1cccc(NC(=O)Nc2ccc(Br)nc2)n1. The Morgan fingerprint density at radius 2 is 2.04 bits per heavy atom. The normalized spacial score (nSPS) is 10.7. The van der Waals surface area contributed by atoms with Crippen LogP contribution in [0.4, 0.5) is 16.3 Å². The number of hydrogen-bond donors (Lipinski definition) is 2. The Kier molecular flexibility index (Phi) is 5.03. The van der Waals surface area contributed by atoms with Crippen LogP contribution in [0.3, 0.4) is 0 Å². The molecular weight excluding hydrogens is 386 g/mol. The van der Waals surface area contributed by atoms with Gasteiger partial charge in [0, 0.05) is 6.04 Å². The molecule has 128 valence electrons. The van der Waals surface area contributed by atoms with Crippen molar-refractivity contribution in [2.24, 2.45) is 0 Å². The quantitative estimate of drug-likeness (QED) is 0.649. The monoisotopic (exact) mass is 401 g/mol. The second kappa shape index (κ2) is 7.39. The maximum absolute atomic E-state index is 12.1. The van der Waals surface area contributed by atoms with Gasteiger partial charge in [-0.25, -0.2) is 14.8 Å². The van der Waals surface area contributed by atoms with Crippen molar-refractivity contribution in [3.63, 3.8) is 0 Å². The molecule has 0 aliphatic rings. The van der Waals surface area contributed by atoms with E-state index in [1.54, 1.807) is 36.8 Å². The van der Waals surface area contributed by atoms with E-state index in [1.807, 2.05) is 24.5 Å². The average molecular weight is 402 g/mol. The summed E-state index contributed by atoms with van der Waals surface area (Å²) >= 11 is 3.25. The van der Waals surface area contributed by atoms with Gasteiger partial charge in [-0.15, -0.1) is 10.2 Å². The molecule has 0 spiro atoms. The van der Waals surface area contributed by atoms with Crippen LogP contribution in [0.25, 0.3) is 11.5 Å². The molecule has 2 amide bonds. The smallest absolute Gasteiger partial charge is 0.310 e. The molecule has 0 aromatic carbocycles. The molecule has 0 unspecified atom stereocenters. The molecule has 25 heavy (non-hydrogen) atoms. The zero-order valence-electron chi connectivity index (χ0n) is 13.6. The molecule has 0 bridgehead atoms. The molecule has 3 heterocycles. The van der Waals surface area contributed by atoms with Gasteiger partial charge >= 0.3 is 6.03 Å². The van der Waals surface area contributed by atoms with Crippen LogP contribution >= 0.6 is 15.9 Å². The van der Waals surface area contributed by atoms with Gasteiger partial charge in [-0.05, 0) is 54.0 Å². The van der Waals surface area contributed by atoms with E-state index in [-0.39, 0.29) is 6.04 Å². The predicted molar refractivity (Wildman–Crippen MR) is 98.2 cm³/mol. The van der Waals surface area contributed by atoms with E-state index in [0.29, 0.717) is 27.6 Å². The van der Waals surface area contributed by atoms with E-state index in [0.717, 1.165) is 0 Å². The van der Waals surface area contributed by atoms with Crippen LogP contribution in [0.5, 0.6) is 0 Å². The maximum atomic E-state index is 12.1. The molecule has 8 nitrogen and oxygen atoms in total. The number of rotatable bonds is 4. The van der Waals surface area contributed by atoms with Crippen molar-refractivity contribution >= 4 is 33.5 Å². The zero-order valence-corrected chi connectivity index (χ0v) is 15.2. The standard InChI is InChI=1S/C16H16BrN7O/c1-10(2)24-9-19-23-15(24)12-4-3-5-14(21-12)22-16(25)20-11-6-7-13(17)18-8-11/h3-10H,1-2H3,(H2,20,21,22,25). The third-order valence-corrected chi connectivity index (χ3v) is 3.80. The Bertz CT molecular complexity index is 876. The van der Waals surface area contributed by atoms with Crippen LogP contribution in [-0.4, -0.2) is 30.8 Å². The molecule has 9 heteroatoms. The largest absolute Gasteiger partial charge is 0.324 e. The fraction of sp³-hybridized carbons (Fsp3) is 0.188. The summed E-state index contributed by atoms with van der Waals surface area (Å²) in [5.41, 5.74) is 1.21. The van der Waals surface area contributed by atoms with E-state index in [4.69, 9.17) is 0 Å². The number of halogens is 1. The number of amides is 2. The lowest BCUT2D eigenvalue weighted by molar-refractivity contribution is 0.262. The van der Waals surface area contributed by atoms with E-state index in [2.05, 4.69) is 46.7 Å². The molecule has 0 saturated heterocycles. The first-order valence-corrected chi connectivity index (χ1v) is 8.39. The first kappa shape index (κ1) is 17.0. The fourth-order valence-corrected chi connectivity index (χ4v) is 2.40. The topological polar surface area (TPSA) is 97.6 Å². The van der Waals surface area contributed by atoms with Crippen molar-refractivity contribution in [2.45, 2.75) is 19.9 Å². The van der Waals surface area contributed by atoms with Crippen LogP contribution in [-0.2, 0) is 0 Å². The number of anilines is 2. The number of carbonyl (C=O) groups excluding carboxylic acids is 1. The Hall–Kier alpha value is -2.81. The first-order chi connectivity index (χ1) is 12.0. The van der Waals surface area contributed by atoms with Gasteiger partial charge < -0.3 is 9.88 Å². The van der Waals surface area contributed by atoms with Crippen molar-refractivity contribution in [3.05, 3.63) is 47.5 Å². The Morgan fingerprint density at radius 3 is 2.76 bits per heavy atom. The van der Waals surface area contributed by atoms with E-state index in [1.165, 1.54) is 0 Å². The third kappa shape index (κ3) is 4.18. The number of aromatic nitrogens is 5. The molecule has 0 saturated carbocycles. The number of carbonyl (C=O) groups is 1. The van der Waals surface area contributed by atoms with Gasteiger partial charge in [0.05, 0.1) is 11.9 Å². The molecule has 3 aromatic heterocycles. The molecule has 2 N–H and O–H groups in total. The summed E-state index contributed by atoms with van der Waals surface area (Å²) < 4.78 is 2.61. The molecule has 0 fully saturated rings. The molecule has 0 radical (unpaired) electrons. The summed E-state index contributed by atoms with van der Waals surface area (Å²) in [4.78, 5) is 20.6. The van der Waals surface area contributed by atoms with Crippen LogP contribution in [0, 0.1) is 0 Å². The lowest BCUT2D eigenvalue weighted by Crippen LogP contribution is -2.20. The van der Waals surface area contributed by atoms with Crippen LogP contribution < -0.4 is 10.6 Å². The second-order valence-corrected chi connectivity index (χ2v) is 6.32. The zero-order chi connectivity index (χ0) is 17.8. The van der Waals surface area contributed by atoms with Gasteiger partial charge in [0.15, 0.2) is 5.82 Å². The minimum Gasteiger partial charge on any atom is -0.310 e. The van der Waals surface area contributed by atoms with Crippen LogP contribution in [0.15, 0.2) is 47.5 Å². The van der Waals surface area contributed by atoms with Gasteiger partial charge in [-0.3, -0.25) is 5.32 Å². The van der Waals surface area contributed by atoms with E-state index < -0.39 is 6.03 Å². The number of nitrogens with zero attached hydrogens (tertiary/aromatic N) is 5. The number of nitrogens with one attached hydrogen (secondary N) is 2. The molecule has 0 atom stereocenters. The highest BCUT2D eigenvalue weighted by Gasteiger charge is 2.12. The van der Waals surface area contributed by atoms with Gasteiger partial charge in [-0.2, -0.15) is 0 Å². The van der Waals surface area contributed by atoms with Crippen LogP contribution in [0.1, 0.15) is 19.9 Å². The first-order valence-electron chi connectivity index (χ1n) is 7.59. The Balaban J connectivity index is 1.74. The summed E-state index contributed by atoms with van der Waals surface area (Å²) in [5, 5.41) is 13.4. The third-order valence-electron chi connectivity index (χ3n) is 3.33. The lowest BCUT2D eigenvalue weighted by Gasteiger charge is -2.11. The van der Waals surface area contributed by atoms with Crippen molar-refractivity contribution in [1.82, 2.24) is 24.7 Å². The van der Waals surface area contributed by atoms with Gasteiger partial charge in [0.2, 0.25) is 0 Å². The minimum atomic E-state index is -0.404. The average Bonchev–Trinajstić information content (AvgIpc) is 3.07. The summed E-state index contributed by atoms with van der Waals surface area (Å²) in [5.74, 6) is 1.06. The number of hydrogen-bond acceptors (Lipinski definition) is 5. The van der Waals surface area contributed by atoms with Crippen LogP contribution in [0.2, 0.25) is 0 Å². The molecule has 0 aliphatic carbocycles. The minimum absolute atomic E-state index is 0.205. The summed E-state index contributed by atoms with van der Waals surface area (Å²) in [6, 6.07) is 8.62. The molecule has 3 aromatic rings. The lowest BCUT2D eigenvalue weighted by atomic mass is 10.3. The highest BCUT2D eigenvalue weighted by Crippen LogP contribution is 2.19. The fourth-order valence-electron chi connectivity index (χ4n) is 2.16. The van der Waals surface area contributed by atoms with E-state index in [9.17, 15) is 4.79 Å². The van der Waals surface area contributed by atoms with Crippen molar-refractivity contribution in [1.29, 1.82) is 0 Å². The summed E-state index contributed by atoms with van der Waals surface area (Å²) in [6.45, 7) is 4.07.